The first kappa shape index (κ1) is 24.8. The molecule has 0 bridgehead atoms. The normalized spacial score (nSPS) is 15.0. The molecule has 4 rings (SSSR count). The molecule has 0 unspecified atom stereocenters. The molecular weight excluding hydrogens is 495 g/mol. The van der Waals surface area contributed by atoms with E-state index in [0.717, 1.165) is 11.0 Å². The molecule has 1 aromatic heterocycles. The van der Waals surface area contributed by atoms with Crippen molar-refractivity contribution in [1.82, 2.24) is 15.1 Å². The van der Waals surface area contributed by atoms with Crippen LogP contribution in [0.15, 0.2) is 52.9 Å². The number of benzene rings is 2. The molecule has 1 fully saturated rings. The van der Waals surface area contributed by atoms with Gasteiger partial charge in [0, 0.05) is 41.0 Å². The average Bonchev–Trinajstić information content (AvgIpc) is 3.33. The number of alkyl halides is 5. The lowest BCUT2D eigenvalue weighted by Crippen LogP contribution is -2.49. The van der Waals surface area contributed by atoms with Crippen molar-refractivity contribution in [2.45, 2.75) is 19.1 Å². The van der Waals surface area contributed by atoms with Gasteiger partial charge in [-0.05, 0) is 29.8 Å². The highest BCUT2D eigenvalue weighted by Gasteiger charge is 2.37. The summed E-state index contributed by atoms with van der Waals surface area (Å²) in [5.74, 6) is -0.462. The van der Waals surface area contributed by atoms with Gasteiger partial charge in [-0.25, -0.2) is 4.79 Å². The molecule has 186 valence electrons. The largest absolute Gasteiger partial charge is 0.418 e. The molecule has 0 saturated carbocycles. The van der Waals surface area contributed by atoms with Gasteiger partial charge >= 0.3 is 18.6 Å². The Morgan fingerprint density at radius 2 is 1.71 bits per heavy atom. The molecule has 13 heteroatoms. The zero-order valence-corrected chi connectivity index (χ0v) is 18.9. The zero-order chi connectivity index (χ0) is 25.2. The van der Waals surface area contributed by atoms with E-state index in [9.17, 15) is 31.0 Å². The third-order valence-corrected chi connectivity index (χ3v) is 6.62. The van der Waals surface area contributed by atoms with Crippen molar-refractivity contribution < 1.29 is 35.4 Å². The molecule has 1 saturated heterocycles. The van der Waals surface area contributed by atoms with Crippen LogP contribution in [-0.4, -0.2) is 49.9 Å². The number of carbonyl (C=O) groups excluding carboxylic acids is 1. The van der Waals surface area contributed by atoms with Crippen LogP contribution < -0.4 is 4.90 Å². The number of para-hydroxylation sites is 1. The van der Waals surface area contributed by atoms with E-state index >= 15 is 0 Å². The van der Waals surface area contributed by atoms with E-state index < -0.39 is 40.9 Å². The number of carbonyl (C=O) groups is 1. The summed E-state index contributed by atoms with van der Waals surface area (Å²) < 4.78 is 83.2. The summed E-state index contributed by atoms with van der Waals surface area (Å²) in [5.41, 5.74) is -0.455. The molecule has 1 aliphatic heterocycles. The van der Waals surface area contributed by atoms with Crippen LogP contribution in [0.5, 0.6) is 0 Å². The van der Waals surface area contributed by atoms with E-state index in [1.807, 2.05) is 0 Å². The number of urea groups is 1. The molecule has 0 atom stereocenters. The van der Waals surface area contributed by atoms with E-state index in [1.165, 1.54) is 47.4 Å². The molecule has 35 heavy (non-hydrogen) atoms. The maximum absolute atomic E-state index is 13.7. The molecule has 2 amide bonds. The van der Waals surface area contributed by atoms with Gasteiger partial charge in [-0.1, -0.05) is 24.3 Å². The number of amides is 2. The summed E-state index contributed by atoms with van der Waals surface area (Å²) >= 11 is 0. The first-order chi connectivity index (χ1) is 16.6. The highest BCUT2D eigenvalue weighted by molar-refractivity contribution is 7.85. The maximum Gasteiger partial charge on any atom is 0.418 e. The maximum atomic E-state index is 13.7. The second-order valence-corrected chi connectivity index (χ2v) is 9.36. The summed E-state index contributed by atoms with van der Waals surface area (Å²) in [6.45, 7) is 0.134. The van der Waals surface area contributed by atoms with E-state index in [-0.39, 0.29) is 42.7 Å². The molecule has 0 radical (unpaired) electrons. The van der Waals surface area contributed by atoms with Gasteiger partial charge in [-0.3, -0.25) is 9.11 Å². The number of nitrogens with zero attached hydrogens (tertiary/aromatic N) is 4. The van der Waals surface area contributed by atoms with E-state index in [0.29, 0.717) is 11.1 Å². The third-order valence-electron chi connectivity index (χ3n) is 5.35. The molecule has 2 aromatic carbocycles. The predicted molar refractivity (Wildman–Crippen MR) is 117 cm³/mol. The van der Waals surface area contributed by atoms with E-state index in [4.69, 9.17) is 4.42 Å². The summed E-state index contributed by atoms with van der Waals surface area (Å²) in [6, 6.07) is 10.2. The Labute approximate surface area is 199 Å². The van der Waals surface area contributed by atoms with Crippen molar-refractivity contribution in [1.29, 1.82) is 0 Å². The number of hydrogen-bond acceptors (Lipinski definition) is 5. The van der Waals surface area contributed by atoms with Gasteiger partial charge in [-0.2, -0.15) is 22.0 Å². The Bertz CT molecular complexity index is 1210. The predicted octanol–water partition coefficient (Wildman–Crippen LogP) is 4.88. The Hall–Kier alpha value is -3.35. The van der Waals surface area contributed by atoms with Crippen LogP contribution in [0.2, 0.25) is 0 Å². The van der Waals surface area contributed by atoms with Crippen LogP contribution in [0.3, 0.4) is 0 Å². The van der Waals surface area contributed by atoms with Crippen molar-refractivity contribution in [2.75, 3.05) is 29.5 Å². The fourth-order valence-corrected chi connectivity index (χ4v) is 4.63. The summed E-state index contributed by atoms with van der Waals surface area (Å²) in [5, 5.41) is 6.82. The highest BCUT2D eigenvalue weighted by Crippen LogP contribution is 2.37. The monoisotopic (exact) mass is 514 g/mol. The molecular formula is C22H19F5N4O3S. The standard InChI is InChI=1S/C22H19F5N4O3S/c23-18(24)20-29-28-19(34-20)15-7-5-14(6-8-15)13-31(21(32)30-9-11-35(33)12-10-30)17-4-2-1-3-16(17)22(25,26)27/h1-8,18H,9-13H2. The number of hydrogen-bond donors (Lipinski definition) is 0. The van der Waals surface area contributed by atoms with Gasteiger partial charge in [-0.15, -0.1) is 10.2 Å². The van der Waals surface area contributed by atoms with Crippen molar-refractivity contribution >= 4 is 22.5 Å². The number of aromatic nitrogens is 2. The molecule has 0 N–H and O–H groups in total. The minimum Gasteiger partial charge on any atom is -0.415 e. The quantitative estimate of drug-likeness (QED) is 0.454. The molecule has 0 spiro atoms. The fraction of sp³-hybridized carbons (Fsp3) is 0.318. The topological polar surface area (TPSA) is 79.5 Å². The smallest absolute Gasteiger partial charge is 0.415 e. The average molecular weight is 514 g/mol. The summed E-state index contributed by atoms with van der Waals surface area (Å²) in [4.78, 5) is 15.7. The van der Waals surface area contributed by atoms with Gasteiger partial charge in [0.05, 0.1) is 17.8 Å². The van der Waals surface area contributed by atoms with Crippen molar-refractivity contribution in [3.63, 3.8) is 0 Å². The van der Waals surface area contributed by atoms with Gasteiger partial charge < -0.3 is 9.32 Å². The third kappa shape index (κ3) is 5.66. The number of anilines is 1. The lowest BCUT2D eigenvalue weighted by Gasteiger charge is -2.34. The number of rotatable bonds is 5. The second-order valence-electron chi connectivity index (χ2n) is 7.66. The summed E-state index contributed by atoms with van der Waals surface area (Å²) in [6.07, 6.45) is -7.61. The van der Waals surface area contributed by atoms with Crippen LogP contribution in [0.25, 0.3) is 11.5 Å². The van der Waals surface area contributed by atoms with Crippen LogP contribution in [0.4, 0.5) is 32.4 Å². The van der Waals surface area contributed by atoms with Gasteiger partial charge in [0.25, 0.3) is 5.89 Å². The van der Waals surface area contributed by atoms with Gasteiger partial charge in [0.15, 0.2) is 0 Å². The SMILES string of the molecule is O=C(N1CCS(=O)CC1)N(Cc1ccc(-c2nnc(C(F)F)o2)cc1)c1ccccc1C(F)(F)F. The van der Waals surface area contributed by atoms with Crippen molar-refractivity contribution in [2.24, 2.45) is 0 Å². The van der Waals surface area contributed by atoms with Gasteiger partial charge in [0.2, 0.25) is 5.89 Å². The van der Waals surface area contributed by atoms with E-state index in [2.05, 4.69) is 10.2 Å². The Morgan fingerprint density at radius 1 is 1.06 bits per heavy atom. The van der Waals surface area contributed by atoms with Gasteiger partial charge in [0.1, 0.15) is 0 Å². The minimum atomic E-state index is -4.69. The fourth-order valence-electron chi connectivity index (χ4n) is 3.58. The Morgan fingerprint density at radius 3 is 2.31 bits per heavy atom. The zero-order valence-electron chi connectivity index (χ0n) is 18.0. The Balaban J connectivity index is 1.64. The van der Waals surface area contributed by atoms with Crippen LogP contribution in [-0.2, 0) is 23.5 Å². The van der Waals surface area contributed by atoms with Crippen LogP contribution in [0.1, 0.15) is 23.4 Å². The lowest BCUT2D eigenvalue weighted by atomic mass is 10.1. The molecule has 0 aliphatic carbocycles. The first-order valence-electron chi connectivity index (χ1n) is 10.4. The first-order valence-corrected chi connectivity index (χ1v) is 11.9. The Kier molecular flexibility index (Phi) is 7.15. The lowest BCUT2D eigenvalue weighted by molar-refractivity contribution is -0.137. The molecule has 2 heterocycles. The molecule has 3 aromatic rings. The van der Waals surface area contributed by atoms with Crippen molar-refractivity contribution in [3.8, 4) is 11.5 Å². The van der Waals surface area contributed by atoms with Crippen LogP contribution in [0, 0.1) is 0 Å². The summed E-state index contributed by atoms with van der Waals surface area (Å²) in [7, 11) is -1.07. The second kappa shape index (κ2) is 10.1. The highest BCUT2D eigenvalue weighted by atomic mass is 32.2. The number of halogens is 5. The minimum absolute atomic E-state index is 0.136. The van der Waals surface area contributed by atoms with E-state index in [1.54, 1.807) is 0 Å². The van der Waals surface area contributed by atoms with Crippen LogP contribution >= 0.6 is 0 Å². The molecule has 7 nitrogen and oxygen atoms in total. The van der Waals surface area contributed by atoms with Crippen molar-refractivity contribution in [3.05, 3.63) is 65.5 Å². The molecule has 1 aliphatic rings.